The molecule has 0 radical (unpaired) electrons. The highest BCUT2D eigenvalue weighted by molar-refractivity contribution is 5.71. The summed E-state index contributed by atoms with van der Waals surface area (Å²) in [5, 5.41) is 3.61. The first kappa shape index (κ1) is 13.2. The molecule has 1 aromatic carbocycles. The van der Waals surface area contributed by atoms with Crippen LogP contribution in [0.25, 0.3) is 0 Å². The summed E-state index contributed by atoms with van der Waals surface area (Å²) in [7, 11) is 4.23. The van der Waals surface area contributed by atoms with Gasteiger partial charge in [-0.3, -0.25) is 0 Å². The fourth-order valence-corrected chi connectivity index (χ4v) is 2.62. The zero-order valence-corrected chi connectivity index (χ0v) is 12.0. The number of benzene rings is 1. The molecule has 0 bridgehead atoms. The molecule has 1 aliphatic heterocycles. The van der Waals surface area contributed by atoms with Crippen molar-refractivity contribution in [2.75, 3.05) is 37.0 Å². The average molecular weight is 247 g/mol. The van der Waals surface area contributed by atoms with E-state index in [9.17, 15) is 0 Å². The number of nitrogens with one attached hydrogen (secondary N) is 1. The number of anilines is 2. The topological polar surface area (TPSA) is 18.5 Å². The Bertz CT molecular complexity index is 389. The highest BCUT2D eigenvalue weighted by atomic mass is 15.3. The number of rotatable bonds is 3. The van der Waals surface area contributed by atoms with Crippen molar-refractivity contribution in [3.8, 4) is 0 Å². The van der Waals surface area contributed by atoms with Crippen LogP contribution < -0.4 is 15.1 Å². The van der Waals surface area contributed by atoms with Gasteiger partial charge < -0.3 is 15.1 Å². The number of hydrogen-bond donors (Lipinski definition) is 1. The second-order valence-corrected chi connectivity index (χ2v) is 5.40. The van der Waals surface area contributed by atoms with Crippen LogP contribution in [0.4, 0.5) is 11.4 Å². The standard InChI is InChI=1S/C15H25N3/c1-5-13-11-18(12(2)10-16-13)15-9-7-6-8-14(15)17(3)4/h6-9,12-13,16H,5,10-11H2,1-4H3. The predicted octanol–water partition coefficient (Wildman–Crippen LogP) is 2.33. The minimum atomic E-state index is 0.550. The molecule has 1 heterocycles. The molecule has 18 heavy (non-hydrogen) atoms. The molecule has 0 aromatic heterocycles. The van der Waals surface area contributed by atoms with Gasteiger partial charge in [0, 0.05) is 39.3 Å². The van der Waals surface area contributed by atoms with Crippen LogP contribution in [0.2, 0.25) is 0 Å². The molecule has 0 aliphatic carbocycles. The second-order valence-electron chi connectivity index (χ2n) is 5.40. The Morgan fingerprint density at radius 2 is 2.06 bits per heavy atom. The van der Waals surface area contributed by atoms with E-state index >= 15 is 0 Å². The highest BCUT2D eigenvalue weighted by Gasteiger charge is 2.25. The van der Waals surface area contributed by atoms with Gasteiger partial charge >= 0.3 is 0 Å². The molecule has 2 rings (SSSR count). The first-order valence-corrected chi connectivity index (χ1v) is 6.89. The quantitative estimate of drug-likeness (QED) is 0.884. The van der Waals surface area contributed by atoms with Gasteiger partial charge in [0.05, 0.1) is 11.4 Å². The maximum Gasteiger partial charge on any atom is 0.0607 e. The lowest BCUT2D eigenvalue weighted by atomic mass is 10.1. The SMILES string of the molecule is CCC1CN(c2ccccc2N(C)C)C(C)CN1. The molecular formula is C15H25N3. The van der Waals surface area contributed by atoms with Crippen LogP contribution >= 0.6 is 0 Å². The summed E-state index contributed by atoms with van der Waals surface area (Å²) < 4.78 is 0. The molecule has 1 aliphatic rings. The Balaban J connectivity index is 2.28. The molecule has 1 aromatic rings. The maximum absolute atomic E-state index is 3.61. The van der Waals surface area contributed by atoms with Crippen molar-refractivity contribution < 1.29 is 0 Å². The van der Waals surface area contributed by atoms with Gasteiger partial charge in [-0.25, -0.2) is 0 Å². The normalized spacial score (nSPS) is 24.1. The van der Waals surface area contributed by atoms with Crippen molar-refractivity contribution in [2.45, 2.75) is 32.4 Å². The molecule has 2 atom stereocenters. The third kappa shape index (κ3) is 2.61. The van der Waals surface area contributed by atoms with Crippen LogP contribution in [-0.4, -0.2) is 39.3 Å². The first-order chi connectivity index (χ1) is 8.63. The van der Waals surface area contributed by atoms with Crippen LogP contribution in [0.1, 0.15) is 20.3 Å². The van der Waals surface area contributed by atoms with Gasteiger partial charge in [-0.15, -0.1) is 0 Å². The van der Waals surface area contributed by atoms with Crippen molar-refractivity contribution in [1.82, 2.24) is 5.32 Å². The monoisotopic (exact) mass is 247 g/mol. The van der Waals surface area contributed by atoms with E-state index in [-0.39, 0.29) is 0 Å². The van der Waals surface area contributed by atoms with Gasteiger partial charge in [0.2, 0.25) is 0 Å². The fourth-order valence-electron chi connectivity index (χ4n) is 2.62. The van der Waals surface area contributed by atoms with E-state index in [0.717, 1.165) is 13.1 Å². The van der Waals surface area contributed by atoms with Crippen molar-refractivity contribution in [3.05, 3.63) is 24.3 Å². The molecule has 0 saturated carbocycles. The zero-order valence-electron chi connectivity index (χ0n) is 12.0. The molecule has 1 fully saturated rings. The number of piperazine rings is 1. The van der Waals surface area contributed by atoms with Crippen molar-refractivity contribution in [3.63, 3.8) is 0 Å². The fraction of sp³-hybridized carbons (Fsp3) is 0.600. The zero-order chi connectivity index (χ0) is 13.1. The molecule has 2 unspecified atom stereocenters. The Morgan fingerprint density at radius 1 is 1.33 bits per heavy atom. The number of nitrogens with zero attached hydrogens (tertiary/aromatic N) is 2. The van der Waals surface area contributed by atoms with Crippen LogP contribution in [-0.2, 0) is 0 Å². The van der Waals surface area contributed by atoms with E-state index in [1.165, 1.54) is 17.8 Å². The summed E-state index contributed by atoms with van der Waals surface area (Å²) in [6.07, 6.45) is 1.19. The summed E-state index contributed by atoms with van der Waals surface area (Å²) in [6.45, 7) is 6.72. The summed E-state index contributed by atoms with van der Waals surface area (Å²) in [5.74, 6) is 0. The van der Waals surface area contributed by atoms with Crippen molar-refractivity contribution in [2.24, 2.45) is 0 Å². The lowest BCUT2D eigenvalue weighted by molar-refractivity contribution is 0.397. The highest BCUT2D eigenvalue weighted by Crippen LogP contribution is 2.30. The van der Waals surface area contributed by atoms with Gasteiger partial charge in [-0.1, -0.05) is 19.1 Å². The van der Waals surface area contributed by atoms with E-state index < -0.39 is 0 Å². The Morgan fingerprint density at radius 3 is 2.72 bits per heavy atom. The molecule has 1 N–H and O–H groups in total. The lowest BCUT2D eigenvalue weighted by Gasteiger charge is -2.41. The smallest absolute Gasteiger partial charge is 0.0607 e. The lowest BCUT2D eigenvalue weighted by Crippen LogP contribution is -2.55. The molecule has 0 spiro atoms. The van der Waals surface area contributed by atoms with Crippen molar-refractivity contribution in [1.29, 1.82) is 0 Å². The molecule has 3 heteroatoms. The number of para-hydroxylation sites is 2. The summed E-state index contributed by atoms with van der Waals surface area (Å²) in [4.78, 5) is 4.74. The average Bonchev–Trinajstić information content (AvgIpc) is 2.39. The summed E-state index contributed by atoms with van der Waals surface area (Å²) in [6, 6.07) is 9.85. The molecule has 1 saturated heterocycles. The third-order valence-corrected chi connectivity index (χ3v) is 3.82. The van der Waals surface area contributed by atoms with Gasteiger partial charge in [0.25, 0.3) is 0 Å². The minimum absolute atomic E-state index is 0.550. The van der Waals surface area contributed by atoms with Crippen LogP contribution in [0.3, 0.4) is 0 Å². The van der Waals surface area contributed by atoms with E-state index in [1.54, 1.807) is 0 Å². The first-order valence-electron chi connectivity index (χ1n) is 6.89. The van der Waals surface area contributed by atoms with E-state index in [4.69, 9.17) is 0 Å². The maximum atomic E-state index is 3.61. The largest absolute Gasteiger partial charge is 0.376 e. The van der Waals surface area contributed by atoms with E-state index in [0.29, 0.717) is 12.1 Å². The third-order valence-electron chi connectivity index (χ3n) is 3.82. The predicted molar refractivity (Wildman–Crippen MR) is 79.7 cm³/mol. The number of hydrogen-bond acceptors (Lipinski definition) is 3. The molecular weight excluding hydrogens is 222 g/mol. The van der Waals surface area contributed by atoms with Gasteiger partial charge in [-0.2, -0.15) is 0 Å². The Labute approximate surface area is 111 Å². The van der Waals surface area contributed by atoms with Gasteiger partial charge in [-0.05, 0) is 25.5 Å². The Hall–Kier alpha value is -1.22. The summed E-state index contributed by atoms with van der Waals surface area (Å²) in [5.41, 5.74) is 2.66. The second kappa shape index (κ2) is 5.61. The van der Waals surface area contributed by atoms with E-state index in [1.807, 2.05) is 0 Å². The van der Waals surface area contributed by atoms with Gasteiger partial charge in [0.15, 0.2) is 0 Å². The Kier molecular flexibility index (Phi) is 4.12. The van der Waals surface area contributed by atoms with Crippen molar-refractivity contribution >= 4 is 11.4 Å². The van der Waals surface area contributed by atoms with Gasteiger partial charge in [0.1, 0.15) is 0 Å². The summed E-state index contributed by atoms with van der Waals surface area (Å²) >= 11 is 0. The minimum Gasteiger partial charge on any atom is -0.376 e. The van der Waals surface area contributed by atoms with E-state index in [2.05, 4.69) is 67.3 Å². The van der Waals surface area contributed by atoms with Crippen LogP contribution in [0.5, 0.6) is 0 Å². The van der Waals surface area contributed by atoms with Crippen LogP contribution in [0.15, 0.2) is 24.3 Å². The molecule has 3 nitrogen and oxygen atoms in total. The molecule has 0 amide bonds. The molecule has 100 valence electrons. The van der Waals surface area contributed by atoms with Crippen LogP contribution in [0, 0.1) is 0 Å².